The third-order valence-electron chi connectivity index (χ3n) is 5.03. The summed E-state index contributed by atoms with van der Waals surface area (Å²) < 4.78 is 63.2. The Bertz CT molecular complexity index is 611. The van der Waals surface area contributed by atoms with Crippen LogP contribution in [0.3, 0.4) is 0 Å². The Kier molecular flexibility index (Phi) is 6.39. The first-order valence-corrected chi connectivity index (χ1v) is 9.76. The normalized spacial score (nSPS) is 47.9. The summed E-state index contributed by atoms with van der Waals surface area (Å²) in [5.41, 5.74) is 0. The summed E-state index contributed by atoms with van der Waals surface area (Å²) in [6, 6.07) is 0. The number of ether oxygens (including phenoxy) is 5. The van der Waals surface area contributed by atoms with E-state index >= 15 is 0 Å². The van der Waals surface area contributed by atoms with Crippen molar-refractivity contribution < 1.29 is 56.2 Å². The molecule has 3 fully saturated rings. The molecule has 3 rings (SSSR count). The molecule has 4 unspecified atom stereocenters. The second-order valence-electron chi connectivity index (χ2n) is 6.73. The monoisotopic (exact) mass is 416 g/mol. The summed E-state index contributed by atoms with van der Waals surface area (Å²) >= 11 is 0. The van der Waals surface area contributed by atoms with Crippen LogP contribution in [0, 0.1) is 5.92 Å². The van der Waals surface area contributed by atoms with Crippen LogP contribution >= 0.6 is 0 Å². The molecule has 0 amide bonds. The van der Waals surface area contributed by atoms with Gasteiger partial charge in [0.25, 0.3) is 0 Å². The Morgan fingerprint density at radius 3 is 2.41 bits per heavy atom. The maximum absolute atomic E-state index is 11.2. The lowest BCUT2D eigenvalue weighted by Crippen LogP contribution is -2.60. The Labute approximate surface area is 155 Å². The molecular weight excluding hydrogens is 392 g/mol. The minimum atomic E-state index is -4.83. The average molecular weight is 416 g/mol. The van der Waals surface area contributed by atoms with Crippen molar-refractivity contribution in [1.82, 2.24) is 0 Å². The summed E-state index contributed by atoms with van der Waals surface area (Å²) in [6.07, 6.45) is -9.58. The van der Waals surface area contributed by atoms with E-state index < -0.39 is 78.2 Å². The zero-order valence-corrected chi connectivity index (χ0v) is 15.5. The lowest BCUT2D eigenvalue weighted by atomic mass is 9.90. The van der Waals surface area contributed by atoms with E-state index in [0.717, 1.165) is 0 Å². The number of fused-ring (bicyclic) bond motifs is 2. The van der Waals surface area contributed by atoms with Crippen molar-refractivity contribution in [2.45, 2.75) is 62.2 Å². The fourth-order valence-electron chi connectivity index (χ4n) is 3.55. The average Bonchev–Trinajstić information content (AvgIpc) is 2.90. The van der Waals surface area contributed by atoms with Gasteiger partial charge in [0.05, 0.1) is 19.3 Å². The number of aliphatic hydroxyl groups is 3. The molecule has 158 valence electrons. The molecule has 27 heavy (non-hydrogen) atoms. The van der Waals surface area contributed by atoms with Gasteiger partial charge in [-0.3, -0.25) is 4.55 Å². The molecule has 3 heterocycles. The van der Waals surface area contributed by atoms with Gasteiger partial charge in [-0.1, -0.05) is 6.92 Å². The summed E-state index contributed by atoms with van der Waals surface area (Å²) in [6.45, 7) is 1.12. The van der Waals surface area contributed by atoms with E-state index in [0.29, 0.717) is 0 Å². The molecule has 12 nitrogen and oxygen atoms in total. The van der Waals surface area contributed by atoms with Gasteiger partial charge in [0.2, 0.25) is 0 Å². The van der Waals surface area contributed by atoms with Crippen LogP contribution in [0.1, 0.15) is 6.92 Å². The third kappa shape index (κ3) is 4.28. The molecule has 13 heteroatoms. The zero-order valence-electron chi connectivity index (χ0n) is 14.7. The van der Waals surface area contributed by atoms with Gasteiger partial charge in [-0.2, -0.15) is 8.42 Å². The molecule has 2 bridgehead atoms. The molecule has 3 aliphatic heterocycles. The van der Waals surface area contributed by atoms with E-state index in [4.69, 9.17) is 28.2 Å². The zero-order chi connectivity index (χ0) is 19.9. The predicted molar refractivity (Wildman–Crippen MR) is 83.6 cm³/mol. The number of aliphatic hydroxyl groups excluding tert-OH is 3. The molecule has 0 saturated carbocycles. The van der Waals surface area contributed by atoms with Crippen LogP contribution in [0.5, 0.6) is 0 Å². The first-order chi connectivity index (χ1) is 12.7. The van der Waals surface area contributed by atoms with E-state index in [1.165, 1.54) is 7.11 Å². The number of methoxy groups -OCH3 is 1. The molecule has 10 atom stereocenters. The van der Waals surface area contributed by atoms with Crippen molar-refractivity contribution in [3.8, 4) is 0 Å². The standard InChI is InChI=1S/C14H24O12S/c1-5-8(16)6(3-15)23-13(9(5)17)25-10-7-4-22-11(10)12(14(21-2)24-7)26-27(18,19)20/h5-17H,3-4H2,1-2H3,(H,18,19,20)/t5-,6?,7?,8+,9?,10-,11+,12?,13-,14-/m0/s1. The molecule has 0 radical (unpaired) electrons. The van der Waals surface area contributed by atoms with Crippen LogP contribution in [0.15, 0.2) is 0 Å². The van der Waals surface area contributed by atoms with Gasteiger partial charge in [0.15, 0.2) is 18.7 Å². The predicted octanol–water partition coefficient (Wildman–Crippen LogP) is -2.60. The highest BCUT2D eigenvalue weighted by Crippen LogP contribution is 2.37. The van der Waals surface area contributed by atoms with Crippen molar-refractivity contribution in [2.75, 3.05) is 20.3 Å². The Morgan fingerprint density at radius 2 is 1.81 bits per heavy atom. The summed E-state index contributed by atoms with van der Waals surface area (Å²) in [5, 5.41) is 29.7. The minimum absolute atomic E-state index is 0.0327. The molecule has 0 spiro atoms. The summed E-state index contributed by atoms with van der Waals surface area (Å²) in [7, 11) is -3.56. The van der Waals surface area contributed by atoms with Crippen molar-refractivity contribution in [1.29, 1.82) is 0 Å². The summed E-state index contributed by atoms with van der Waals surface area (Å²) in [4.78, 5) is 0. The fraction of sp³-hybridized carbons (Fsp3) is 1.00. The minimum Gasteiger partial charge on any atom is -0.394 e. The fourth-order valence-corrected chi connectivity index (χ4v) is 4.03. The highest BCUT2D eigenvalue weighted by molar-refractivity contribution is 7.80. The van der Waals surface area contributed by atoms with Crippen LogP contribution in [0.4, 0.5) is 0 Å². The quantitative estimate of drug-likeness (QED) is 0.334. The molecule has 0 aromatic rings. The highest BCUT2D eigenvalue weighted by Gasteiger charge is 2.56. The van der Waals surface area contributed by atoms with E-state index in [1.54, 1.807) is 6.92 Å². The van der Waals surface area contributed by atoms with Gasteiger partial charge in [0.1, 0.15) is 30.5 Å². The molecule has 3 saturated heterocycles. The van der Waals surface area contributed by atoms with Crippen molar-refractivity contribution in [2.24, 2.45) is 5.92 Å². The SMILES string of the molecule is CO[C@H]1OC2CO[C@@H](C1OS(=O)(=O)O)[C@H]2O[C@@H]1OC(CO)[C@H](O)[C@H](C)C1O. The van der Waals surface area contributed by atoms with Gasteiger partial charge >= 0.3 is 10.4 Å². The third-order valence-corrected chi connectivity index (χ3v) is 5.49. The van der Waals surface area contributed by atoms with Crippen LogP contribution in [0.2, 0.25) is 0 Å². The smallest absolute Gasteiger partial charge is 0.394 e. The van der Waals surface area contributed by atoms with Gasteiger partial charge in [-0.05, 0) is 0 Å². The van der Waals surface area contributed by atoms with Gasteiger partial charge in [0, 0.05) is 13.0 Å². The maximum atomic E-state index is 11.2. The number of hydrogen-bond acceptors (Lipinski definition) is 11. The second-order valence-corrected chi connectivity index (χ2v) is 7.78. The lowest BCUT2D eigenvalue weighted by molar-refractivity contribution is -0.329. The Hall–Kier alpha value is -0.450. The van der Waals surface area contributed by atoms with Crippen LogP contribution in [-0.4, -0.2) is 104 Å². The second kappa shape index (κ2) is 8.12. The Balaban J connectivity index is 1.76. The highest BCUT2D eigenvalue weighted by atomic mass is 32.3. The van der Waals surface area contributed by atoms with Crippen molar-refractivity contribution >= 4 is 10.4 Å². The van der Waals surface area contributed by atoms with E-state index in [2.05, 4.69) is 4.18 Å². The van der Waals surface area contributed by atoms with Crippen LogP contribution in [0.25, 0.3) is 0 Å². The molecule has 0 aromatic heterocycles. The molecule has 4 N–H and O–H groups in total. The Morgan fingerprint density at radius 1 is 1.11 bits per heavy atom. The van der Waals surface area contributed by atoms with Crippen LogP contribution in [-0.2, 0) is 38.3 Å². The summed E-state index contributed by atoms with van der Waals surface area (Å²) in [5.74, 6) is -0.652. The van der Waals surface area contributed by atoms with Gasteiger partial charge < -0.3 is 39.0 Å². The van der Waals surface area contributed by atoms with Crippen molar-refractivity contribution in [3.05, 3.63) is 0 Å². The van der Waals surface area contributed by atoms with E-state index in [9.17, 15) is 23.7 Å². The van der Waals surface area contributed by atoms with Crippen molar-refractivity contribution in [3.63, 3.8) is 0 Å². The molecule has 3 aliphatic rings. The van der Waals surface area contributed by atoms with E-state index in [-0.39, 0.29) is 6.61 Å². The number of hydrogen-bond donors (Lipinski definition) is 4. The largest absolute Gasteiger partial charge is 0.397 e. The van der Waals surface area contributed by atoms with Gasteiger partial charge in [-0.25, -0.2) is 4.18 Å². The maximum Gasteiger partial charge on any atom is 0.397 e. The first kappa shape index (κ1) is 21.3. The van der Waals surface area contributed by atoms with E-state index in [1.807, 2.05) is 0 Å². The topological polar surface area (TPSA) is 170 Å². The number of rotatable bonds is 6. The molecule has 0 aromatic carbocycles. The van der Waals surface area contributed by atoms with Crippen LogP contribution < -0.4 is 0 Å². The molecule has 0 aliphatic carbocycles. The molecular formula is C14H24O12S. The first-order valence-electron chi connectivity index (χ1n) is 8.39. The van der Waals surface area contributed by atoms with Gasteiger partial charge in [-0.15, -0.1) is 0 Å². The lowest BCUT2D eigenvalue weighted by Gasteiger charge is -2.44.